The number of hydrogen-bond donors (Lipinski definition) is 2. The molecule has 0 bridgehead atoms. The minimum atomic E-state index is -0.261. The van der Waals surface area contributed by atoms with Gasteiger partial charge in [0.2, 0.25) is 0 Å². The van der Waals surface area contributed by atoms with Crippen LogP contribution in [0.15, 0.2) is 18.2 Å². The number of piperidine rings is 1. The summed E-state index contributed by atoms with van der Waals surface area (Å²) in [5, 5.41) is 18.7. The molecule has 1 aliphatic heterocycles. The minimum Gasteiger partial charge on any atom is -0.504 e. The highest BCUT2D eigenvalue weighted by atomic mass is 16.5. The first-order chi connectivity index (χ1) is 10.1. The molecule has 1 aromatic rings. The second-order valence-electron chi connectivity index (χ2n) is 5.50. The molecular formula is C16H23NO4. The third-order valence-electron chi connectivity index (χ3n) is 3.68. The lowest BCUT2D eigenvalue weighted by atomic mass is 10.1. The SMILES string of the molecule is CCCOC1CCCN(CC(=O)c2ccc(O)c(O)c2)C1. The molecule has 0 amide bonds. The Hall–Kier alpha value is -1.59. The summed E-state index contributed by atoms with van der Waals surface area (Å²) in [7, 11) is 0. The zero-order valence-corrected chi connectivity index (χ0v) is 12.4. The number of nitrogens with zero attached hydrogens (tertiary/aromatic N) is 1. The van der Waals surface area contributed by atoms with Gasteiger partial charge in [-0.05, 0) is 44.0 Å². The number of carbonyl (C=O) groups excluding carboxylic acids is 1. The summed E-state index contributed by atoms with van der Waals surface area (Å²) >= 11 is 0. The van der Waals surface area contributed by atoms with Crippen molar-refractivity contribution in [2.45, 2.75) is 32.3 Å². The molecule has 1 saturated heterocycles. The maximum atomic E-state index is 12.2. The topological polar surface area (TPSA) is 70.0 Å². The van der Waals surface area contributed by atoms with Gasteiger partial charge in [0.1, 0.15) is 0 Å². The van der Waals surface area contributed by atoms with E-state index in [1.165, 1.54) is 18.2 Å². The number of likely N-dealkylation sites (tertiary alicyclic amines) is 1. The summed E-state index contributed by atoms with van der Waals surface area (Å²) in [6, 6.07) is 4.19. The number of carbonyl (C=O) groups is 1. The highest BCUT2D eigenvalue weighted by Crippen LogP contribution is 2.25. The summed E-state index contributed by atoms with van der Waals surface area (Å²) in [5.41, 5.74) is 0.418. The molecule has 2 rings (SSSR count). The van der Waals surface area contributed by atoms with Crippen molar-refractivity contribution < 1.29 is 19.7 Å². The molecule has 1 aliphatic rings. The van der Waals surface area contributed by atoms with Crippen LogP contribution < -0.4 is 0 Å². The van der Waals surface area contributed by atoms with Crippen LogP contribution in [0.25, 0.3) is 0 Å². The summed E-state index contributed by atoms with van der Waals surface area (Å²) in [6.45, 7) is 4.83. The lowest BCUT2D eigenvalue weighted by molar-refractivity contribution is 0.00130. The molecule has 21 heavy (non-hydrogen) atoms. The Labute approximate surface area is 125 Å². The fourth-order valence-electron chi connectivity index (χ4n) is 2.57. The molecule has 1 aromatic carbocycles. The van der Waals surface area contributed by atoms with E-state index in [9.17, 15) is 15.0 Å². The van der Waals surface area contributed by atoms with E-state index in [1.807, 2.05) is 0 Å². The normalized spacial score (nSPS) is 19.6. The van der Waals surface area contributed by atoms with E-state index in [4.69, 9.17) is 4.74 Å². The molecule has 1 heterocycles. The molecule has 5 heteroatoms. The largest absolute Gasteiger partial charge is 0.504 e. The Bertz CT molecular complexity index is 489. The highest BCUT2D eigenvalue weighted by molar-refractivity contribution is 5.98. The number of phenols is 2. The molecule has 116 valence electrons. The van der Waals surface area contributed by atoms with Gasteiger partial charge in [-0.2, -0.15) is 0 Å². The van der Waals surface area contributed by atoms with Crippen molar-refractivity contribution in [3.05, 3.63) is 23.8 Å². The van der Waals surface area contributed by atoms with Gasteiger partial charge in [0.05, 0.1) is 12.6 Å². The van der Waals surface area contributed by atoms with Crippen LogP contribution in [0.5, 0.6) is 11.5 Å². The molecule has 1 fully saturated rings. The van der Waals surface area contributed by atoms with E-state index in [2.05, 4.69) is 11.8 Å². The summed E-state index contributed by atoms with van der Waals surface area (Å²) in [6.07, 6.45) is 3.29. The molecule has 0 radical (unpaired) electrons. The predicted molar refractivity (Wildman–Crippen MR) is 79.8 cm³/mol. The number of aromatic hydroxyl groups is 2. The number of ketones is 1. The van der Waals surface area contributed by atoms with E-state index in [1.54, 1.807) is 0 Å². The van der Waals surface area contributed by atoms with Crippen LogP contribution in [0.3, 0.4) is 0 Å². The average Bonchev–Trinajstić information content (AvgIpc) is 2.48. The second-order valence-corrected chi connectivity index (χ2v) is 5.50. The fourth-order valence-corrected chi connectivity index (χ4v) is 2.57. The van der Waals surface area contributed by atoms with Crippen LogP contribution in [-0.4, -0.2) is 53.2 Å². The van der Waals surface area contributed by atoms with Crippen molar-refractivity contribution in [1.29, 1.82) is 0 Å². The van der Waals surface area contributed by atoms with E-state index in [0.29, 0.717) is 12.1 Å². The van der Waals surface area contributed by atoms with Crippen molar-refractivity contribution in [3.63, 3.8) is 0 Å². The molecule has 0 saturated carbocycles. The monoisotopic (exact) mass is 293 g/mol. The van der Waals surface area contributed by atoms with Gasteiger partial charge in [0, 0.05) is 18.7 Å². The van der Waals surface area contributed by atoms with Crippen molar-refractivity contribution in [2.75, 3.05) is 26.2 Å². The van der Waals surface area contributed by atoms with Gasteiger partial charge in [-0.25, -0.2) is 0 Å². The van der Waals surface area contributed by atoms with Gasteiger partial charge in [0.25, 0.3) is 0 Å². The first kappa shape index (κ1) is 15.8. The van der Waals surface area contributed by atoms with Gasteiger partial charge in [0.15, 0.2) is 17.3 Å². The number of benzene rings is 1. The van der Waals surface area contributed by atoms with Crippen molar-refractivity contribution in [1.82, 2.24) is 4.90 Å². The Morgan fingerprint density at radius 3 is 2.90 bits per heavy atom. The Morgan fingerprint density at radius 2 is 2.19 bits per heavy atom. The number of rotatable bonds is 6. The third kappa shape index (κ3) is 4.44. The number of hydrogen-bond acceptors (Lipinski definition) is 5. The lowest BCUT2D eigenvalue weighted by Gasteiger charge is -2.32. The molecule has 5 nitrogen and oxygen atoms in total. The van der Waals surface area contributed by atoms with Crippen LogP contribution in [0, 0.1) is 0 Å². The van der Waals surface area contributed by atoms with E-state index >= 15 is 0 Å². The maximum absolute atomic E-state index is 12.2. The Balaban J connectivity index is 1.90. The van der Waals surface area contributed by atoms with Crippen LogP contribution in [0.4, 0.5) is 0 Å². The first-order valence-corrected chi connectivity index (χ1v) is 7.49. The quantitative estimate of drug-likeness (QED) is 0.621. The number of Topliss-reactive ketones (excluding diaryl/α,β-unsaturated/α-hetero) is 1. The molecule has 0 spiro atoms. The van der Waals surface area contributed by atoms with Gasteiger partial charge in [-0.3, -0.25) is 9.69 Å². The van der Waals surface area contributed by atoms with Crippen LogP contribution in [0.1, 0.15) is 36.5 Å². The Kier molecular flexibility index (Phi) is 5.59. The lowest BCUT2D eigenvalue weighted by Crippen LogP contribution is -2.42. The summed E-state index contributed by atoms with van der Waals surface area (Å²) < 4.78 is 5.76. The zero-order chi connectivity index (χ0) is 15.2. The van der Waals surface area contributed by atoms with Crippen molar-refractivity contribution >= 4 is 5.78 Å². The maximum Gasteiger partial charge on any atom is 0.176 e. The van der Waals surface area contributed by atoms with Gasteiger partial charge < -0.3 is 14.9 Å². The minimum absolute atomic E-state index is 0.0542. The van der Waals surface area contributed by atoms with Gasteiger partial charge >= 0.3 is 0 Å². The summed E-state index contributed by atoms with van der Waals surface area (Å²) in [4.78, 5) is 14.3. The van der Waals surface area contributed by atoms with Crippen LogP contribution in [0.2, 0.25) is 0 Å². The van der Waals surface area contributed by atoms with E-state index in [-0.39, 0.29) is 23.4 Å². The van der Waals surface area contributed by atoms with Crippen molar-refractivity contribution in [3.8, 4) is 11.5 Å². The average molecular weight is 293 g/mol. The summed E-state index contributed by atoms with van der Waals surface area (Å²) in [5.74, 6) is -0.525. The third-order valence-corrected chi connectivity index (χ3v) is 3.68. The molecule has 0 aromatic heterocycles. The Morgan fingerprint density at radius 1 is 1.38 bits per heavy atom. The molecular weight excluding hydrogens is 270 g/mol. The van der Waals surface area contributed by atoms with Crippen LogP contribution in [-0.2, 0) is 4.74 Å². The molecule has 0 aliphatic carbocycles. The number of phenolic OH excluding ortho intramolecular Hbond substituents is 2. The van der Waals surface area contributed by atoms with E-state index in [0.717, 1.165) is 39.0 Å². The highest BCUT2D eigenvalue weighted by Gasteiger charge is 2.22. The standard InChI is InChI=1S/C16H23NO4/c1-2-8-21-13-4-3-7-17(10-13)11-16(20)12-5-6-14(18)15(19)9-12/h5-6,9,13,18-19H,2-4,7-8,10-11H2,1H3. The van der Waals surface area contributed by atoms with Crippen LogP contribution >= 0.6 is 0 Å². The molecule has 1 unspecified atom stereocenters. The zero-order valence-electron chi connectivity index (χ0n) is 12.4. The second kappa shape index (κ2) is 7.43. The van der Waals surface area contributed by atoms with Crippen molar-refractivity contribution in [2.24, 2.45) is 0 Å². The smallest absolute Gasteiger partial charge is 0.176 e. The fraction of sp³-hybridized carbons (Fsp3) is 0.562. The first-order valence-electron chi connectivity index (χ1n) is 7.49. The number of ether oxygens (including phenoxy) is 1. The molecule has 1 atom stereocenters. The predicted octanol–water partition coefficient (Wildman–Crippen LogP) is 2.17. The van der Waals surface area contributed by atoms with E-state index < -0.39 is 0 Å². The van der Waals surface area contributed by atoms with Gasteiger partial charge in [-0.15, -0.1) is 0 Å². The van der Waals surface area contributed by atoms with Gasteiger partial charge in [-0.1, -0.05) is 6.92 Å². The molecule has 2 N–H and O–H groups in total.